The average Bonchev–Trinajstić information content (AvgIpc) is 3.40. The van der Waals surface area contributed by atoms with Crippen LogP contribution >= 0.6 is 0 Å². The normalized spacial score (nSPS) is 14.6. The molecule has 1 atom stereocenters. The molecule has 188 valence electrons. The maximum atomic E-state index is 13.6. The van der Waals surface area contributed by atoms with Gasteiger partial charge in [-0.1, -0.05) is 24.3 Å². The van der Waals surface area contributed by atoms with Crippen LogP contribution in [0.4, 0.5) is 4.39 Å². The van der Waals surface area contributed by atoms with Crippen molar-refractivity contribution in [2.24, 2.45) is 0 Å². The van der Waals surface area contributed by atoms with Gasteiger partial charge in [-0.05, 0) is 59.5 Å². The maximum Gasteiger partial charge on any atom is 0.273 e. The number of nitrogens with zero attached hydrogens (tertiary/aromatic N) is 3. The quantitative estimate of drug-likeness (QED) is 0.408. The molecule has 1 aliphatic rings. The van der Waals surface area contributed by atoms with Gasteiger partial charge < -0.3 is 19.4 Å². The van der Waals surface area contributed by atoms with Crippen LogP contribution in [-0.2, 0) is 24.4 Å². The van der Waals surface area contributed by atoms with Crippen molar-refractivity contribution in [1.82, 2.24) is 20.2 Å². The fourth-order valence-electron chi connectivity index (χ4n) is 4.42. The van der Waals surface area contributed by atoms with Crippen LogP contribution in [0.15, 0.2) is 77.5 Å². The van der Waals surface area contributed by atoms with E-state index in [9.17, 15) is 14.0 Å². The number of ether oxygens (including phenoxy) is 1. The topological polar surface area (TPSA) is 97.6 Å². The van der Waals surface area contributed by atoms with E-state index in [-0.39, 0.29) is 48.4 Å². The molecule has 9 heteroatoms. The molecule has 2 aromatic heterocycles. The third-order valence-electron chi connectivity index (χ3n) is 6.24. The number of nitrogens with one attached hydrogen (secondary N) is 1. The molecule has 0 radical (unpaired) electrons. The van der Waals surface area contributed by atoms with Crippen LogP contribution in [0.1, 0.15) is 51.7 Å². The third-order valence-corrected chi connectivity index (χ3v) is 6.24. The lowest BCUT2D eigenvalue weighted by Gasteiger charge is -2.37. The summed E-state index contributed by atoms with van der Waals surface area (Å²) in [6, 6.07) is 17.0. The summed E-state index contributed by atoms with van der Waals surface area (Å²) in [6.45, 7) is 2.41. The Bertz CT molecular complexity index is 1410. The first-order chi connectivity index (χ1) is 18.0. The summed E-state index contributed by atoms with van der Waals surface area (Å²) in [5.74, 6) is 0.0552. The number of oxazole rings is 1. The molecule has 0 aliphatic carbocycles. The Labute approximate surface area is 213 Å². The van der Waals surface area contributed by atoms with Gasteiger partial charge in [-0.2, -0.15) is 0 Å². The molecule has 0 unspecified atom stereocenters. The van der Waals surface area contributed by atoms with E-state index in [1.165, 1.54) is 25.3 Å². The molecule has 4 aromatic rings. The predicted octanol–water partition coefficient (Wildman–Crippen LogP) is 4.21. The SMILES string of the molecule is CC(=O)N1CCc2ccc(OCc3nc(C(=O)NCc4ccccn4)co3)cc2[C@@H]1c1ccc(F)cc1. The van der Waals surface area contributed by atoms with E-state index in [4.69, 9.17) is 9.15 Å². The zero-order chi connectivity index (χ0) is 25.8. The second-order valence-corrected chi connectivity index (χ2v) is 8.70. The molecule has 0 fully saturated rings. The number of fused-ring (bicyclic) bond motifs is 1. The molecule has 1 N–H and O–H groups in total. The standard InChI is InChI=1S/C28H25FN4O4/c1-18(34)33-13-11-19-7-10-23(14-24(19)27(33)20-5-8-21(29)9-6-20)36-17-26-32-25(16-37-26)28(35)31-15-22-4-2-3-12-30-22/h2-10,12,14,16,27H,11,13,15,17H2,1H3,(H,31,35)/t27-/m0/s1. The molecule has 0 saturated heterocycles. The van der Waals surface area contributed by atoms with Crippen molar-refractivity contribution >= 4 is 11.8 Å². The zero-order valence-corrected chi connectivity index (χ0v) is 20.2. The van der Waals surface area contributed by atoms with E-state index in [0.29, 0.717) is 18.7 Å². The lowest BCUT2D eigenvalue weighted by Crippen LogP contribution is -2.39. The summed E-state index contributed by atoms with van der Waals surface area (Å²) in [5.41, 5.74) is 3.73. The van der Waals surface area contributed by atoms with Crippen LogP contribution in [0.3, 0.4) is 0 Å². The fourth-order valence-corrected chi connectivity index (χ4v) is 4.42. The lowest BCUT2D eigenvalue weighted by molar-refractivity contribution is -0.130. The van der Waals surface area contributed by atoms with Crippen molar-refractivity contribution in [2.45, 2.75) is 32.5 Å². The highest BCUT2D eigenvalue weighted by Crippen LogP contribution is 2.37. The molecule has 3 heterocycles. The summed E-state index contributed by atoms with van der Waals surface area (Å²) in [4.78, 5) is 35.0. The molecule has 5 rings (SSSR count). The van der Waals surface area contributed by atoms with Crippen LogP contribution in [0.25, 0.3) is 0 Å². The van der Waals surface area contributed by atoms with Gasteiger partial charge in [0.1, 0.15) is 17.8 Å². The van der Waals surface area contributed by atoms with Crippen LogP contribution in [-0.4, -0.2) is 33.2 Å². The number of amides is 2. The van der Waals surface area contributed by atoms with Gasteiger partial charge >= 0.3 is 0 Å². The number of aromatic nitrogens is 2. The van der Waals surface area contributed by atoms with Gasteiger partial charge in [0, 0.05) is 19.7 Å². The van der Waals surface area contributed by atoms with E-state index in [1.807, 2.05) is 30.3 Å². The summed E-state index contributed by atoms with van der Waals surface area (Å²) in [7, 11) is 0. The van der Waals surface area contributed by atoms with E-state index in [1.54, 1.807) is 29.3 Å². The minimum absolute atomic E-state index is 0.0178. The minimum atomic E-state index is -0.374. The number of hydrogen-bond acceptors (Lipinski definition) is 6. The van der Waals surface area contributed by atoms with Crippen molar-refractivity contribution in [2.75, 3.05) is 6.54 Å². The molecular formula is C28H25FN4O4. The number of hydrogen-bond donors (Lipinski definition) is 1. The molecule has 8 nitrogen and oxygen atoms in total. The Hall–Kier alpha value is -4.53. The minimum Gasteiger partial charge on any atom is -0.484 e. The second-order valence-electron chi connectivity index (χ2n) is 8.70. The lowest BCUT2D eigenvalue weighted by atomic mass is 9.88. The van der Waals surface area contributed by atoms with Crippen LogP contribution in [0.5, 0.6) is 5.75 Å². The molecule has 1 aliphatic heterocycles. The smallest absolute Gasteiger partial charge is 0.273 e. The van der Waals surface area contributed by atoms with Crippen molar-refractivity contribution in [3.63, 3.8) is 0 Å². The van der Waals surface area contributed by atoms with Crippen molar-refractivity contribution in [3.05, 3.63) is 113 Å². The Morgan fingerprint density at radius 2 is 2.00 bits per heavy atom. The maximum absolute atomic E-state index is 13.6. The van der Waals surface area contributed by atoms with E-state index in [2.05, 4.69) is 15.3 Å². The van der Waals surface area contributed by atoms with Gasteiger partial charge in [0.2, 0.25) is 11.8 Å². The van der Waals surface area contributed by atoms with E-state index < -0.39 is 0 Å². The first-order valence-electron chi connectivity index (χ1n) is 11.9. The zero-order valence-electron chi connectivity index (χ0n) is 20.2. The van der Waals surface area contributed by atoms with E-state index >= 15 is 0 Å². The third kappa shape index (κ3) is 5.50. The molecule has 37 heavy (non-hydrogen) atoms. The van der Waals surface area contributed by atoms with Gasteiger partial charge in [-0.15, -0.1) is 0 Å². The van der Waals surface area contributed by atoms with Crippen LogP contribution in [0.2, 0.25) is 0 Å². The first kappa shape index (κ1) is 24.2. The van der Waals surface area contributed by atoms with Gasteiger partial charge in [0.25, 0.3) is 5.91 Å². The Kier molecular flexibility index (Phi) is 6.93. The molecule has 0 saturated carbocycles. The number of rotatable bonds is 7. The van der Waals surface area contributed by atoms with Crippen LogP contribution < -0.4 is 10.1 Å². The predicted molar refractivity (Wildman–Crippen MR) is 132 cm³/mol. The number of pyridine rings is 1. The Morgan fingerprint density at radius 3 is 2.76 bits per heavy atom. The van der Waals surface area contributed by atoms with Gasteiger partial charge in [0.15, 0.2) is 12.3 Å². The molecule has 2 aromatic carbocycles. The highest BCUT2D eigenvalue weighted by Gasteiger charge is 2.31. The van der Waals surface area contributed by atoms with Crippen LogP contribution in [0, 0.1) is 5.82 Å². The number of benzene rings is 2. The van der Waals surface area contributed by atoms with Gasteiger partial charge in [0.05, 0.1) is 18.3 Å². The van der Waals surface area contributed by atoms with Gasteiger partial charge in [-0.25, -0.2) is 9.37 Å². The van der Waals surface area contributed by atoms with Crippen molar-refractivity contribution in [3.8, 4) is 5.75 Å². The summed E-state index contributed by atoms with van der Waals surface area (Å²) < 4.78 is 24.9. The second kappa shape index (κ2) is 10.6. The summed E-state index contributed by atoms with van der Waals surface area (Å²) in [5, 5.41) is 2.75. The molecule has 0 bridgehead atoms. The highest BCUT2D eigenvalue weighted by molar-refractivity contribution is 5.91. The van der Waals surface area contributed by atoms with Gasteiger partial charge in [-0.3, -0.25) is 14.6 Å². The fraction of sp³-hybridized carbons (Fsp3) is 0.214. The molecule has 0 spiro atoms. The monoisotopic (exact) mass is 500 g/mol. The van der Waals surface area contributed by atoms with E-state index in [0.717, 1.165) is 22.4 Å². The van der Waals surface area contributed by atoms with Crippen molar-refractivity contribution < 1.29 is 23.1 Å². The largest absolute Gasteiger partial charge is 0.484 e. The molecular weight excluding hydrogens is 475 g/mol. The van der Waals surface area contributed by atoms with Crippen molar-refractivity contribution in [1.29, 1.82) is 0 Å². The Balaban J connectivity index is 1.29. The number of halogens is 1. The number of carbonyl (C=O) groups excluding carboxylic acids is 2. The highest BCUT2D eigenvalue weighted by atomic mass is 19.1. The summed E-state index contributed by atoms with van der Waals surface area (Å²) in [6.07, 6.45) is 3.66. The number of carbonyl (C=O) groups is 2. The summed E-state index contributed by atoms with van der Waals surface area (Å²) >= 11 is 0. The first-order valence-corrected chi connectivity index (χ1v) is 11.9. The molecule has 2 amide bonds. The Morgan fingerprint density at radius 1 is 1.16 bits per heavy atom. The average molecular weight is 501 g/mol.